The lowest BCUT2D eigenvalue weighted by Gasteiger charge is -2.14. The fraction of sp³-hybridized carbons (Fsp3) is 0.688. The summed E-state index contributed by atoms with van der Waals surface area (Å²) in [4.78, 5) is 22.5. The van der Waals surface area contributed by atoms with Crippen molar-refractivity contribution in [2.24, 2.45) is 0 Å². The molecule has 0 saturated heterocycles. The van der Waals surface area contributed by atoms with E-state index in [9.17, 15) is 9.59 Å². The van der Waals surface area contributed by atoms with E-state index >= 15 is 0 Å². The van der Waals surface area contributed by atoms with Crippen molar-refractivity contribution in [1.29, 1.82) is 0 Å². The van der Waals surface area contributed by atoms with E-state index in [1.165, 1.54) is 0 Å². The minimum absolute atomic E-state index is 0.0194. The van der Waals surface area contributed by atoms with Crippen LogP contribution in [0.2, 0.25) is 0 Å². The molecule has 2 rings (SSSR count). The van der Waals surface area contributed by atoms with Gasteiger partial charge in [0, 0.05) is 19.5 Å². The normalized spacial score (nSPS) is 13.6. The highest BCUT2D eigenvalue weighted by Crippen LogP contribution is 2.17. The van der Waals surface area contributed by atoms with Gasteiger partial charge in [-0.25, -0.2) is 0 Å². The van der Waals surface area contributed by atoms with E-state index in [0.29, 0.717) is 6.54 Å². The number of hydrogen-bond donors (Lipinski definition) is 2. The van der Waals surface area contributed by atoms with Crippen molar-refractivity contribution in [2.45, 2.75) is 64.3 Å². The zero-order valence-electron chi connectivity index (χ0n) is 13.0. The first kappa shape index (κ1) is 16.5. The molecule has 1 aliphatic heterocycles. The zero-order valence-corrected chi connectivity index (χ0v) is 13.0. The minimum atomic E-state index is -0.725. The number of carbonyl (C=O) groups excluding carboxylic acids is 1. The van der Waals surface area contributed by atoms with Crippen LogP contribution in [0.3, 0.4) is 0 Å². The Hall–Kier alpha value is -1.85. The van der Waals surface area contributed by atoms with Crippen LogP contribution in [0.4, 0.5) is 0 Å². The van der Waals surface area contributed by atoms with Crippen LogP contribution < -0.4 is 5.32 Å². The van der Waals surface area contributed by atoms with E-state index in [2.05, 4.69) is 10.4 Å². The molecule has 0 spiro atoms. The number of amides is 1. The molecule has 0 bridgehead atoms. The van der Waals surface area contributed by atoms with Gasteiger partial charge in [-0.05, 0) is 32.1 Å². The molecule has 0 aliphatic carbocycles. The van der Waals surface area contributed by atoms with Gasteiger partial charge in [0.25, 0.3) is 5.91 Å². The molecule has 22 heavy (non-hydrogen) atoms. The molecular weight excluding hydrogens is 282 g/mol. The smallest absolute Gasteiger partial charge is 0.303 e. The molecule has 2 heterocycles. The standard InChI is InChI=1S/C16H25N3O3/c20-15(21)9-4-2-1-3-6-10-17-16(22)13-12-18-19-11-7-5-8-14(13)19/h12H,1-11H2,(H,17,22)(H,20,21). The average Bonchev–Trinajstić information content (AvgIpc) is 2.93. The quantitative estimate of drug-likeness (QED) is 0.686. The lowest BCUT2D eigenvalue weighted by molar-refractivity contribution is -0.137. The van der Waals surface area contributed by atoms with E-state index in [0.717, 1.165) is 69.2 Å². The molecule has 0 radical (unpaired) electrons. The van der Waals surface area contributed by atoms with Crippen molar-refractivity contribution in [2.75, 3.05) is 6.54 Å². The largest absolute Gasteiger partial charge is 0.481 e. The van der Waals surface area contributed by atoms with Crippen LogP contribution in [-0.4, -0.2) is 33.3 Å². The molecule has 6 heteroatoms. The summed E-state index contributed by atoms with van der Waals surface area (Å²) >= 11 is 0. The van der Waals surface area contributed by atoms with Crippen molar-refractivity contribution < 1.29 is 14.7 Å². The number of carbonyl (C=O) groups is 2. The van der Waals surface area contributed by atoms with Gasteiger partial charge >= 0.3 is 5.97 Å². The summed E-state index contributed by atoms with van der Waals surface area (Å²) in [6.45, 7) is 1.58. The zero-order chi connectivity index (χ0) is 15.8. The van der Waals surface area contributed by atoms with Crippen LogP contribution in [0.1, 0.15) is 67.4 Å². The molecule has 1 amide bonds. The molecule has 1 aromatic heterocycles. The maximum Gasteiger partial charge on any atom is 0.303 e. The molecule has 0 atom stereocenters. The van der Waals surface area contributed by atoms with Gasteiger partial charge in [0.05, 0.1) is 17.5 Å². The van der Waals surface area contributed by atoms with E-state index in [4.69, 9.17) is 5.11 Å². The van der Waals surface area contributed by atoms with Gasteiger partial charge in [0.2, 0.25) is 0 Å². The highest BCUT2D eigenvalue weighted by molar-refractivity contribution is 5.95. The lowest BCUT2D eigenvalue weighted by atomic mass is 10.1. The van der Waals surface area contributed by atoms with Crippen molar-refractivity contribution in [3.63, 3.8) is 0 Å². The number of unbranched alkanes of at least 4 members (excludes halogenated alkanes) is 4. The molecule has 0 unspecified atom stereocenters. The molecule has 0 fully saturated rings. The van der Waals surface area contributed by atoms with Gasteiger partial charge in [-0.3, -0.25) is 14.3 Å². The molecule has 0 aromatic carbocycles. The fourth-order valence-corrected chi connectivity index (χ4v) is 2.84. The van der Waals surface area contributed by atoms with Crippen LogP contribution in [0.25, 0.3) is 0 Å². The summed E-state index contributed by atoms with van der Waals surface area (Å²) < 4.78 is 1.95. The van der Waals surface area contributed by atoms with Crippen LogP contribution >= 0.6 is 0 Å². The number of aromatic nitrogens is 2. The third-order valence-corrected chi connectivity index (χ3v) is 4.08. The number of aryl methyl sites for hydroxylation is 1. The Labute approximate surface area is 130 Å². The summed E-state index contributed by atoms with van der Waals surface area (Å²) in [5.74, 6) is -0.745. The predicted molar refractivity (Wildman–Crippen MR) is 82.8 cm³/mol. The summed E-state index contributed by atoms with van der Waals surface area (Å²) in [5, 5.41) is 15.8. The highest BCUT2D eigenvalue weighted by Gasteiger charge is 2.19. The number of nitrogens with zero attached hydrogens (tertiary/aromatic N) is 2. The Morgan fingerprint density at radius 3 is 2.77 bits per heavy atom. The molecule has 6 nitrogen and oxygen atoms in total. The Bertz CT molecular complexity index is 511. The van der Waals surface area contributed by atoms with Crippen molar-refractivity contribution in [3.05, 3.63) is 17.5 Å². The van der Waals surface area contributed by atoms with Gasteiger partial charge < -0.3 is 10.4 Å². The number of rotatable bonds is 9. The first-order chi connectivity index (χ1) is 10.7. The Morgan fingerprint density at radius 1 is 1.18 bits per heavy atom. The number of aliphatic carboxylic acids is 1. The molecule has 1 aromatic rings. The van der Waals surface area contributed by atoms with E-state index in [1.807, 2.05) is 4.68 Å². The Morgan fingerprint density at radius 2 is 1.95 bits per heavy atom. The van der Waals surface area contributed by atoms with Gasteiger partial charge in [0.15, 0.2) is 0 Å². The monoisotopic (exact) mass is 307 g/mol. The predicted octanol–water partition coefficient (Wildman–Crippen LogP) is 2.37. The van der Waals surface area contributed by atoms with Gasteiger partial charge in [-0.2, -0.15) is 5.10 Å². The second-order valence-corrected chi connectivity index (χ2v) is 5.85. The van der Waals surface area contributed by atoms with Gasteiger partial charge in [-0.15, -0.1) is 0 Å². The highest BCUT2D eigenvalue weighted by atomic mass is 16.4. The lowest BCUT2D eigenvalue weighted by Crippen LogP contribution is -2.26. The number of fused-ring (bicyclic) bond motifs is 1. The maximum atomic E-state index is 12.2. The second kappa shape index (κ2) is 8.56. The first-order valence-corrected chi connectivity index (χ1v) is 8.23. The SMILES string of the molecule is O=C(O)CCCCCCCNC(=O)c1cnn2c1CCCC2. The van der Waals surface area contributed by atoms with E-state index in [1.54, 1.807) is 6.20 Å². The molecule has 122 valence electrons. The van der Waals surface area contributed by atoms with Gasteiger partial charge in [0.1, 0.15) is 0 Å². The number of carboxylic acids is 1. The third kappa shape index (κ3) is 4.86. The second-order valence-electron chi connectivity index (χ2n) is 5.85. The molecule has 1 aliphatic rings. The van der Waals surface area contributed by atoms with Crippen LogP contribution in [0.5, 0.6) is 0 Å². The first-order valence-electron chi connectivity index (χ1n) is 8.23. The summed E-state index contributed by atoms with van der Waals surface area (Å²) in [6.07, 6.45) is 9.79. The Kier molecular flexibility index (Phi) is 6.43. The third-order valence-electron chi connectivity index (χ3n) is 4.08. The molecular formula is C16H25N3O3. The van der Waals surface area contributed by atoms with Crippen LogP contribution in [-0.2, 0) is 17.8 Å². The average molecular weight is 307 g/mol. The number of carboxylic acid groups (broad SMARTS) is 1. The molecule has 2 N–H and O–H groups in total. The topological polar surface area (TPSA) is 84.2 Å². The minimum Gasteiger partial charge on any atom is -0.481 e. The van der Waals surface area contributed by atoms with E-state index in [-0.39, 0.29) is 12.3 Å². The molecule has 0 saturated carbocycles. The van der Waals surface area contributed by atoms with Crippen LogP contribution in [0.15, 0.2) is 6.20 Å². The van der Waals surface area contributed by atoms with Crippen molar-refractivity contribution in [3.8, 4) is 0 Å². The van der Waals surface area contributed by atoms with Crippen LogP contribution in [0, 0.1) is 0 Å². The summed E-state index contributed by atoms with van der Waals surface area (Å²) in [6, 6.07) is 0. The Balaban J connectivity index is 1.60. The van der Waals surface area contributed by atoms with Crippen molar-refractivity contribution >= 4 is 11.9 Å². The van der Waals surface area contributed by atoms with E-state index < -0.39 is 5.97 Å². The summed E-state index contributed by atoms with van der Waals surface area (Å²) in [7, 11) is 0. The maximum absolute atomic E-state index is 12.2. The fourth-order valence-electron chi connectivity index (χ4n) is 2.84. The van der Waals surface area contributed by atoms with Crippen molar-refractivity contribution in [1.82, 2.24) is 15.1 Å². The summed E-state index contributed by atoms with van der Waals surface area (Å²) in [5.41, 5.74) is 1.79. The number of nitrogens with one attached hydrogen (secondary N) is 1. The van der Waals surface area contributed by atoms with Gasteiger partial charge in [-0.1, -0.05) is 19.3 Å². The number of hydrogen-bond acceptors (Lipinski definition) is 3.